The molecule has 3 nitrogen and oxygen atoms in total. The van der Waals surface area contributed by atoms with Gasteiger partial charge in [0.25, 0.3) is 0 Å². The van der Waals surface area contributed by atoms with Crippen LogP contribution >= 0.6 is 0 Å². The first-order valence-electron chi connectivity index (χ1n) is 7.22. The summed E-state index contributed by atoms with van der Waals surface area (Å²) in [5, 5.41) is 6.20. The van der Waals surface area contributed by atoms with Crippen LogP contribution in [0.1, 0.15) is 45.1 Å². The Morgan fingerprint density at radius 2 is 2.00 bits per heavy atom. The van der Waals surface area contributed by atoms with Crippen LogP contribution in [0.4, 0.5) is 5.69 Å². The van der Waals surface area contributed by atoms with Gasteiger partial charge in [0.15, 0.2) is 0 Å². The number of unbranched alkanes of at least 4 members (excludes halogenated alkanes) is 2. The number of hydrogen-bond acceptors (Lipinski definition) is 2. The van der Waals surface area contributed by atoms with Crippen LogP contribution in [0.3, 0.4) is 0 Å². The Morgan fingerprint density at radius 1 is 1.26 bits per heavy atom. The van der Waals surface area contributed by atoms with Gasteiger partial charge in [-0.3, -0.25) is 4.79 Å². The molecule has 0 spiro atoms. The predicted molar refractivity (Wildman–Crippen MR) is 81.4 cm³/mol. The van der Waals surface area contributed by atoms with Crippen molar-refractivity contribution in [2.24, 2.45) is 0 Å². The number of para-hydroxylation sites is 1. The highest BCUT2D eigenvalue weighted by Crippen LogP contribution is 2.12. The fourth-order valence-electron chi connectivity index (χ4n) is 1.98. The van der Waals surface area contributed by atoms with Crippen molar-refractivity contribution in [3.63, 3.8) is 0 Å². The van der Waals surface area contributed by atoms with Crippen molar-refractivity contribution in [1.82, 2.24) is 5.32 Å². The molecule has 1 amide bonds. The van der Waals surface area contributed by atoms with E-state index in [0.29, 0.717) is 12.6 Å². The summed E-state index contributed by atoms with van der Waals surface area (Å²) in [6.45, 7) is 6.71. The molecule has 2 N–H and O–H groups in total. The first-order valence-corrected chi connectivity index (χ1v) is 7.22. The highest BCUT2D eigenvalue weighted by atomic mass is 16.1. The Morgan fingerprint density at radius 3 is 2.68 bits per heavy atom. The molecule has 3 heteroatoms. The number of rotatable bonds is 8. The van der Waals surface area contributed by atoms with Gasteiger partial charge in [-0.2, -0.15) is 0 Å². The third kappa shape index (κ3) is 6.39. The number of benzene rings is 1. The second-order valence-electron chi connectivity index (χ2n) is 5.14. The van der Waals surface area contributed by atoms with E-state index in [1.54, 1.807) is 0 Å². The summed E-state index contributed by atoms with van der Waals surface area (Å²) in [5.41, 5.74) is 1.99. The molecule has 0 fully saturated rings. The van der Waals surface area contributed by atoms with Gasteiger partial charge in [0.2, 0.25) is 5.91 Å². The van der Waals surface area contributed by atoms with Gasteiger partial charge in [0, 0.05) is 11.7 Å². The molecular weight excluding hydrogens is 236 g/mol. The summed E-state index contributed by atoms with van der Waals surface area (Å²) in [6.07, 6.45) is 4.86. The van der Waals surface area contributed by atoms with Crippen LogP contribution < -0.4 is 10.6 Å². The van der Waals surface area contributed by atoms with E-state index in [1.807, 2.05) is 31.2 Å². The number of carbonyl (C=O) groups excluding carboxylic acids is 1. The fraction of sp³-hybridized carbons (Fsp3) is 0.562. The zero-order chi connectivity index (χ0) is 14.1. The lowest BCUT2D eigenvalue weighted by atomic mass is 10.1. The SMILES string of the molecule is CCCCC[C@H](C)NCC(=O)Nc1ccccc1C. The van der Waals surface area contributed by atoms with Crippen LogP contribution in [0.25, 0.3) is 0 Å². The molecule has 0 unspecified atom stereocenters. The van der Waals surface area contributed by atoms with Gasteiger partial charge in [0.05, 0.1) is 6.54 Å². The molecule has 0 aromatic heterocycles. The van der Waals surface area contributed by atoms with Gasteiger partial charge in [-0.05, 0) is 31.9 Å². The lowest BCUT2D eigenvalue weighted by Crippen LogP contribution is -2.34. The zero-order valence-corrected chi connectivity index (χ0v) is 12.3. The van der Waals surface area contributed by atoms with E-state index in [2.05, 4.69) is 24.5 Å². The Hall–Kier alpha value is -1.35. The van der Waals surface area contributed by atoms with Crippen molar-refractivity contribution in [1.29, 1.82) is 0 Å². The second-order valence-corrected chi connectivity index (χ2v) is 5.14. The van der Waals surface area contributed by atoms with Gasteiger partial charge in [-0.15, -0.1) is 0 Å². The lowest BCUT2D eigenvalue weighted by Gasteiger charge is -2.14. The second kappa shape index (κ2) is 8.70. The Bertz CT molecular complexity index is 390. The average molecular weight is 262 g/mol. The molecule has 106 valence electrons. The van der Waals surface area contributed by atoms with Crippen molar-refractivity contribution < 1.29 is 4.79 Å². The summed E-state index contributed by atoms with van der Waals surface area (Å²) in [7, 11) is 0. The normalized spacial score (nSPS) is 12.2. The largest absolute Gasteiger partial charge is 0.325 e. The average Bonchev–Trinajstić information content (AvgIpc) is 2.39. The smallest absolute Gasteiger partial charge is 0.238 e. The Kier molecular flexibility index (Phi) is 7.19. The lowest BCUT2D eigenvalue weighted by molar-refractivity contribution is -0.115. The van der Waals surface area contributed by atoms with E-state index in [4.69, 9.17) is 0 Å². The fourth-order valence-corrected chi connectivity index (χ4v) is 1.98. The molecule has 1 rings (SSSR count). The number of aryl methyl sites for hydroxylation is 1. The quantitative estimate of drug-likeness (QED) is 0.704. The van der Waals surface area contributed by atoms with Crippen LogP contribution in [0.5, 0.6) is 0 Å². The van der Waals surface area contributed by atoms with Gasteiger partial charge >= 0.3 is 0 Å². The van der Waals surface area contributed by atoms with Gasteiger partial charge in [0.1, 0.15) is 0 Å². The molecule has 0 aliphatic rings. The molecule has 0 aliphatic heterocycles. The first-order chi connectivity index (χ1) is 9.13. The number of anilines is 1. The minimum atomic E-state index is 0.0247. The van der Waals surface area contributed by atoms with Crippen LogP contribution in [0.2, 0.25) is 0 Å². The summed E-state index contributed by atoms with van der Waals surface area (Å²) in [6, 6.07) is 8.23. The van der Waals surface area contributed by atoms with E-state index in [1.165, 1.54) is 19.3 Å². The van der Waals surface area contributed by atoms with Crippen LogP contribution in [-0.4, -0.2) is 18.5 Å². The molecule has 0 aliphatic carbocycles. The topological polar surface area (TPSA) is 41.1 Å². The highest BCUT2D eigenvalue weighted by Gasteiger charge is 2.06. The van der Waals surface area contributed by atoms with E-state index in [-0.39, 0.29) is 5.91 Å². The third-order valence-electron chi connectivity index (χ3n) is 3.27. The first kappa shape index (κ1) is 15.7. The summed E-state index contributed by atoms with van der Waals surface area (Å²) in [5.74, 6) is 0.0247. The standard InChI is InChI=1S/C16H26N2O/c1-4-5-6-10-14(3)17-12-16(19)18-15-11-8-7-9-13(15)2/h7-9,11,14,17H,4-6,10,12H2,1-3H3,(H,18,19)/t14-/m0/s1. The summed E-state index contributed by atoms with van der Waals surface area (Å²) < 4.78 is 0. The van der Waals surface area contributed by atoms with E-state index >= 15 is 0 Å². The minimum absolute atomic E-state index is 0.0247. The van der Waals surface area contributed by atoms with Crippen LogP contribution in [0, 0.1) is 6.92 Å². The predicted octanol–water partition coefficient (Wildman–Crippen LogP) is 3.49. The number of carbonyl (C=O) groups is 1. The maximum absolute atomic E-state index is 11.8. The Labute approximate surface area is 116 Å². The summed E-state index contributed by atoms with van der Waals surface area (Å²) >= 11 is 0. The van der Waals surface area contributed by atoms with Crippen LogP contribution in [0.15, 0.2) is 24.3 Å². The maximum Gasteiger partial charge on any atom is 0.238 e. The molecule has 1 aromatic rings. The molecular formula is C16H26N2O. The van der Waals surface area contributed by atoms with Crippen molar-refractivity contribution >= 4 is 11.6 Å². The van der Waals surface area contributed by atoms with Gasteiger partial charge in [-0.25, -0.2) is 0 Å². The molecule has 19 heavy (non-hydrogen) atoms. The highest BCUT2D eigenvalue weighted by molar-refractivity contribution is 5.92. The molecule has 0 bridgehead atoms. The van der Waals surface area contributed by atoms with Crippen molar-refractivity contribution in [2.75, 3.05) is 11.9 Å². The monoisotopic (exact) mass is 262 g/mol. The van der Waals surface area contributed by atoms with Gasteiger partial charge < -0.3 is 10.6 Å². The Balaban J connectivity index is 2.26. The third-order valence-corrected chi connectivity index (χ3v) is 3.27. The van der Waals surface area contributed by atoms with Crippen molar-refractivity contribution in [2.45, 2.75) is 52.5 Å². The van der Waals surface area contributed by atoms with E-state index in [0.717, 1.165) is 17.7 Å². The number of amides is 1. The van der Waals surface area contributed by atoms with Gasteiger partial charge in [-0.1, -0.05) is 44.4 Å². The van der Waals surface area contributed by atoms with E-state index in [9.17, 15) is 4.79 Å². The molecule has 0 radical (unpaired) electrons. The molecule has 0 saturated carbocycles. The molecule has 1 atom stereocenters. The van der Waals surface area contributed by atoms with Crippen molar-refractivity contribution in [3.8, 4) is 0 Å². The van der Waals surface area contributed by atoms with Crippen molar-refractivity contribution in [3.05, 3.63) is 29.8 Å². The number of hydrogen-bond donors (Lipinski definition) is 2. The minimum Gasteiger partial charge on any atom is -0.325 e. The number of nitrogens with one attached hydrogen (secondary N) is 2. The molecule has 0 heterocycles. The van der Waals surface area contributed by atoms with Crippen LogP contribution in [-0.2, 0) is 4.79 Å². The summed E-state index contributed by atoms with van der Waals surface area (Å²) in [4.78, 5) is 11.8. The zero-order valence-electron chi connectivity index (χ0n) is 12.3. The molecule has 0 saturated heterocycles. The van der Waals surface area contributed by atoms with E-state index < -0.39 is 0 Å². The molecule has 1 aromatic carbocycles. The maximum atomic E-state index is 11.8.